The van der Waals surface area contributed by atoms with E-state index in [-0.39, 0.29) is 25.1 Å². The second-order valence-corrected chi connectivity index (χ2v) is 5.75. The van der Waals surface area contributed by atoms with Gasteiger partial charge in [0.15, 0.2) is 0 Å². The number of nitrogens with zero attached hydrogens (tertiary/aromatic N) is 2. The number of likely N-dealkylation sites (N-methyl/N-ethyl adjacent to an activating group) is 1. The minimum atomic E-state index is -0.881. The molecule has 0 radical (unpaired) electrons. The predicted octanol–water partition coefficient (Wildman–Crippen LogP) is 1.14. The molecule has 1 aliphatic heterocycles. The second kappa shape index (κ2) is 6.23. The largest absolute Gasteiger partial charge is 0.481 e. The molecule has 2 N–H and O–H groups in total. The highest BCUT2D eigenvalue weighted by Gasteiger charge is 2.35. The Bertz CT molecular complexity index is 344. The van der Waals surface area contributed by atoms with Gasteiger partial charge < -0.3 is 20.0 Å². The molecule has 19 heavy (non-hydrogen) atoms. The van der Waals surface area contributed by atoms with E-state index in [4.69, 9.17) is 5.11 Å². The molecular formula is C13H24N2O4. The maximum absolute atomic E-state index is 12.4. The third-order valence-corrected chi connectivity index (χ3v) is 3.86. The molecule has 2 amide bonds. The first-order valence-electron chi connectivity index (χ1n) is 6.66. The van der Waals surface area contributed by atoms with Crippen molar-refractivity contribution in [3.8, 4) is 0 Å². The lowest BCUT2D eigenvalue weighted by Gasteiger charge is -2.42. The van der Waals surface area contributed by atoms with Crippen molar-refractivity contribution >= 4 is 12.0 Å². The molecule has 6 heteroatoms. The van der Waals surface area contributed by atoms with Crippen molar-refractivity contribution in [3.05, 3.63) is 0 Å². The molecule has 0 aliphatic carbocycles. The van der Waals surface area contributed by atoms with E-state index in [2.05, 4.69) is 0 Å². The Labute approximate surface area is 114 Å². The molecule has 1 atom stereocenters. The van der Waals surface area contributed by atoms with Gasteiger partial charge in [0.25, 0.3) is 0 Å². The van der Waals surface area contributed by atoms with Gasteiger partial charge in [-0.3, -0.25) is 4.79 Å². The van der Waals surface area contributed by atoms with Crippen molar-refractivity contribution in [1.29, 1.82) is 0 Å². The standard InChI is InChI=1S/C13H24N2O4/c1-13(2,9-16)14(3)12(19)15-7-5-4-6-10(15)8-11(17)18/h10,16H,4-9H2,1-3H3,(H,17,18). The van der Waals surface area contributed by atoms with Crippen LogP contribution in [0.4, 0.5) is 4.79 Å². The number of carboxylic acid groups (broad SMARTS) is 1. The number of amides is 2. The molecule has 1 unspecified atom stereocenters. The first-order chi connectivity index (χ1) is 8.79. The van der Waals surface area contributed by atoms with E-state index >= 15 is 0 Å². The van der Waals surface area contributed by atoms with E-state index in [9.17, 15) is 14.7 Å². The minimum absolute atomic E-state index is 0.0147. The van der Waals surface area contributed by atoms with Crippen LogP contribution in [0.1, 0.15) is 39.5 Å². The van der Waals surface area contributed by atoms with Gasteiger partial charge in [0, 0.05) is 19.6 Å². The SMILES string of the molecule is CN(C(=O)N1CCCCC1CC(=O)O)C(C)(C)CO. The van der Waals surface area contributed by atoms with E-state index < -0.39 is 11.5 Å². The van der Waals surface area contributed by atoms with E-state index in [0.717, 1.165) is 19.3 Å². The average molecular weight is 272 g/mol. The van der Waals surface area contributed by atoms with Crippen LogP contribution in [0.3, 0.4) is 0 Å². The highest BCUT2D eigenvalue weighted by Crippen LogP contribution is 2.23. The summed E-state index contributed by atoms with van der Waals surface area (Å²) in [7, 11) is 1.64. The number of aliphatic carboxylic acids is 1. The Morgan fingerprint density at radius 1 is 1.37 bits per heavy atom. The Hall–Kier alpha value is -1.30. The number of aliphatic hydroxyl groups is 1. The second-order valence-electron chi connectivity index (χ2n) is 5.75. The first kappa shape index (κ1) is 15.8. The maximum Gasteiger partial charge on any atom is 0.320 e. The quantitative estimate of drug-likeness (QED) is 0.804. The number of rotatable bonds is 4. The van der Waals surface area contributed by atoms with Gasteiger partial charge in [-0.2, -0.15) is 0 Å². The zero-order chi connectivity index (χ0) is 14.6. The summed E-state index contributed by atoms with van der Waals surface area (Å²) in [5.41, 5.74) is -0.650. The van der Waals surface area contributed by atoms with Crippen LogP contribution >= 0.6 is 0 Å². The number of hydrogen-bond donors (Lipinski definition) is 2. The number of carboxylic acids is 1. The zero-order valence-corrected chi connectivity index (χ0v) is 11.9. The number of piperidine rings is 1. The normalized spacial score (nSPS) is 20.2. The third kappa shape index (κ3) is 3.83. The first-order valence-corrected chi connectivity index (χ1v) is 6.66. The maximum atomic E-state index is 12.4. The minimum Gasteiger partial charge on any atom is -0.481 e. The highest BCUT2D eigenvalue weighted by atomic mass is 16.4. The summed E-state index contributed by atoms with van der Waals surface area (Å²) < 4.78 is 0. The van der Waals surface area contributed by atoms with Crippen molar-refractivity contribution < 1.29 is 19.8 Å². The van der Waals surface area contributed by atoms with Crippen LogP contribution in [0.25, 0.3) is 0 Å². The number of carbonyl (C=O) groups is 2. The molecular weight excluding hydrogens is 248 g/mol. The Morgan fingerprint density at radius 3 is 2.53 bits per heavy atom. The fourth-order valence-electron chi connectivity index (χ4n) is 2.22. The van der Waals surface area contributed by atoms with Gasteiger partial charge in [0.2, 0.25) is 0 Å². The van der Waals surface area contributed by atoms with Gasteiger partial charge in [-0.1, -0.05) is 0 Å². The summed E-state index contributed by atoms with van der Waals surface area (Å²) in [6, 6.07) is -0.444. The highest BCUT2D eigenvalue weighted by molar-refractivity contribution is 5.76. The molecule has 1 rings (SSSR count). The smallest absolute Gasteiger partial charge is 0.320 e. The molecule has 6 nitrogen and oxygen atoms in total. The summed E-state index contributed by atoms with van der Waals surface area (Å²) in [4.78, 5) is 26.4. The molecule has 0 spiro atoms. The molecule has 0 aromatic rings. The molecule has 1 heterocycles. The Morgan fingerprint density at radius 2 is 2.00 bits per heavy atom. The van der Waals surface area contributed by atoms with Gasteiger partial charge in [0.05, 0.1) is 18.6 Å². The van der Waals surface area contributed by atoms with Crippen molar-refractivity contribution in [2.24, 2.45) is 0 Å². The lowest BCUT2D eigenvalue weighted by atomic mass is 9.99. The molecule has 1 fully saturated rings. The topological polar surface area (TPSA) is 81.1 Å². The summed E-state index contributed by atoms with van der Waals surface area (Å²) in [6.07, 6.45) is 2.56. The van der Waals surface area contributed by atoms with Crippen molar-refractivity contribution in [3.63, 3.8) is 0 Å². The van der Waals surface area contributed by atoms with E-state index in [1.807, 2.05) is 0 Å². The van der Waals surface area contributed by atoms with E-state index in [1.165, 1.54) is 4.90 Å². The van der Waals surface area contributed by atoms with Crippen LogP contribution in [0.15, 0.2) is 0 Å². The molecule has 110 valence electrons. The summed E-state index contributed by atoms with van der Waals surface area (Å²) >= 11 is 0. The monoisotopic (exact) mass is 272 g/mol. The molecule has 0 saturated carbocycles. The van der Waals surface area contributed by atoms with Crippen LogP contribution in [0.5, 0.6) is 0 Å². The molecule has 0 aromatic carbocycles. The van der Waals surface area contributed by atoms with Crippen molar-refractivity contribution in [2.45, 2.75) is 51.1 Å². The van der Waals surface area contributed by atoms with Crippen molar-refractivity contribution in [2.75, 3.05) is 20.2 Å². The van der Waals surface area contributed by atoms with E-state index in [1.54, 1.807) is 25.8 Å². The van der Waals surface area contributed by atoms with Crippen LogP contribution < -0.4 is 0 Å². The van der Waals surface area contributed by atoms with Gasteiger partial charge in [0.1, 0.15) is 0 Å². The summed E-state index contributed by atoms with van der Waals surface area (Å²) in [6.45, 7) is 4.01. The van der Waals surface area contributed by atoms with Crippen LogP contribution in [0.2, 0.25) is 0 Å². The van der Waals surface area contributed by atoms with E-state index in [0.29, 0.717) is 6.54 Å². The molecule has 1 saturated heterocycles. The third-order valence-electron chi connectivity index (χ3n) is 3.86. The fourth-order valence-corrected chi connectivity index (χ4v) is 2.22. The lowest BCUT2D eigenvalue weighted by Crippen LogP contribution is -2.56. The van der Waals surface area contributed by atoms with Crippen LogP contribution in [-0.4, -0.2) is 63.8 Å². The summed E-state index contributed by atoms with van der Waals surface area (Å²) in [5, 5.41) is 18.2. The average Bonchev–Trinajstić information content (AvgIpc) is 2.37. The van der Waals surface area contributed by atoms with Crippen molar-refractivity contribution in [1.82, 2.24) is 9.80 Å². The fraction of sp³-hybridized carbons (Fsp3) is 0.846. The molecule has 1 aliphatic rings. The van der Waals surface area contributed by atoms with Gasteiger partial charge in [-0.25, -0.2) is 4.79 Å². The van der Waals surface area contributed by atoms with Gasteiger partial charge in [-0.15, -0.1) is 0 Å². The van der Waals surface area contributed by atoms with Gasteiger partial charge in [-0.05, 0) is 33.1 Å². The molecule has 0 bridgehead atoms. The zero-order valence-electron chi connectivity index (χ0n) is 11.9. The number of carbonyl (C=O) groups excluding carboxylic acids is 1. The summed E-state index contributed by atoms with van der Waals surface area (Å²) in [5.74, 6) is -0.881. The van der Waals surface area contributed by atoms with Crippen LogP contribution in [-0.2, 0) is 4.79 Å². The Balaban J connectivity index is 2.79. The van der Waals surface area contributed by atoms with Crippen LogP contribution in [0, 0.1) is 0 Å². The lowest BCUT2D eigenvalue weighted by molar-refractivity contribution is -0.138. The van der Waals surface area contributed by atoms with Gasteiger partial charge >= 0.3 is 12.0 Å². The number of aliphatic hydroxyl groups excluding tert-OH is 1. The predicted molar refractivity (Wildman–Crippen MR) is 70.9 cm³/mol. The number of likely N-dealkylation sites (tertiary alicyclic amines) is 1. The number of urea groups is 1. The Kier molecular flexibility index (Phi) is 5.17. The molecule has 0 aromatic heterocycles. The number of hydrogen-bond acceptors (Lipinski definition) is 3.